The Morgan fingerprint density at radius 1 is 1.04 bits per heavy atom. The van der Waals surface area contributed by atoms with Crippen molar-refractivity contribution in [1.29, 1.82) is 0 Å². The predicted molar refractivity (Wildman–Crippen MR) is 85.8 cm³/mol. The molecule has 0 saturated carbocycles. The number of hydrogen-bond acceptors (Lipinski definition) is 3. The summed E-state index contributed by atoms with van der Waals surface area (Å²) in [7, 11) is 1.94. The van der Waals surface area contributed by atoms with Gasteiger partial charge in [-0.15, -0.1) is 0 Å². The maximum absolute atomic E-state index is 12.4. The van der Waals surface area contributed by atoms with Crippen molar-refractivity contribution < 1.29 is 9.59 Å². The monoisotopic (exact) mass is 312 g/mol. The predicted octanol–water partition coefficient (Wildman–Crippen LogP) is 0.947. The summed E-state index contributed by atoms with van der Waals surface area (Å²) in [5, 5.41) is 0. The number of piperazine rings is 1. The average molecular weight is 312 g/mol. The van der Waals surface area contributed by atoms with Crippen LogP contribution < -0.4 is 0 Å². The zero-order chi connectivity index (χ0) is 16.2. The van der Waals surface area contributed by atoms with Crippen molar-refractivity contribution in [2.24, 2.45) is 7.05 Å². The van der Waals surface area contributed by atoms with E-state index >= 15 is 0 Å². The third-order valence-corrected chi connectivity index (χ3v) is 4.10. The SMILES string of the molecule is Cn1ccc(CC(=O)N2CCN(C(=O)c3ccncc3)CC2)c1. The zero-order valence-electron chi connectivity index (χ0n) is 13.2. The van der Waals surface area contributed by atoms with Gasteiger partial charge in [-0.1, -0.05) is 0 Å². The summed E-state index contributed by atoms with van der Waals surface area (Å²) in [6.07, 6.45) is 7.55. The third-order valence-electron chi connectivity index (χ3n) is 4.10. The second kappa shape index (κ2) is 6.64. The molecule has 6 nitrogen and oxygen atoms in total. The van der Waals surface area contributed by atoms with E-state index in [2.05, 4.69) is 4.98 Å². The number of pyridine rings is 1. The molecule has 3 rings (SSSR count). The lowest BCUT2D eigenvalue weighted by molar-refractivity contribution is -0.131. The smallest absolute Gasteiger partial charge is 0.254 e. The van der Waals surface area contributed by atoms with E-state index in [0.29, 0.717) is 38.2 Å². The highest BCUT2D eigenvalue weighted by Crippen LogP contribution is 2.10. The number of aryl methyl sites for hydroxylation is 1. The van der Waals surface area contributed by atoms with Crippen LogP contribution in [0.15, 0.2) is 43.0 Å². The Labute approximate surface area is 135 Å². The molecule has 3 heterocycles. The van der Waals surface area contributed by atoms with Crippen LogP contribution in [-0.4, -0.2) is 57.3 Å². The molecule has 0 atom stereocenters. The number of nitrogens with zero attached hydrogens (tertiary/aromatic N) is 4. The third kappa shape index (κ3) is 3.59. The Balaban J connectivity index is 1.54. The molecule has 2 aromatic heterocycles. The minimum Gasteiger partial charge on any atom is -0.357 e. The molecule has 0 N–H and O–H groups in total. The standard InChI is InChI=1S/C17H20N4O2/c1-19-7-4-14(13-19)12-16(22)20-8-10-21(11-9-20)17(23)15-2-5-18-6-3-15/h2-7,13H,8-12H2,1H3. The fourth-order valence-electron chi connectivity index (χ4n) is 2.79. The molecule has 6 heteroatoms. The van der Waals surface area contributed by atoms with E-state index in [1.165, 1.54) is 0 Å². The molecule has 120 valence electrons. The van der Waals surface area contributed by atoms with Crippen molar-refractivity contribution in [2.75, 3.05) is 26.2 Å². The molecular weight excluding hydrogens is 292 g/mol. The fourth-order valence-corrected chi connectivity index (χ4v) is 2.79. The van der Waals surface area contributed by atoms with Gasteiger partial charge in [0.1, 0.15) is 0 Å². The Kier molecular flexibility index (Phi) is 4.41. The Morgan fingerprint density at radius 2 is 1.70 bits per heavy atom. The first-order valence-electron chi connectivity index (χ1n) is 7.71. The average Bonchev–Trinajstić information content (AvgIpc) is 3.00. The van der Waals surface area contributed by atoms with Gasteiger partial charge in [0, 0.05) is 63.6 Å². The summed E-state index contributed by atoms with van der Waals surface area (Å²) in [5.74, 6) is 0.120. The van der Waals surface area contributed by atoms with Gasteiger partial charge in [-0.05, 0) is 23.8 Å². The van der Waals surface area contributed by atoms with Gasteiger partial charge < -0.3 is 14.4 Å². The number of carbonyl (C=O) groups is 2. The first kappa shape index (κ1) is 15.3. The van der Waals surface area contributed by atoms with Crippen LogP contribution in [0.4, 0.5) is 0 Å². The van der Waals surface area contributed by atoms with Crippen molar-refractivity contribution in [2.45, 2.75) is 6.42 Å². The van der Waals surface area contributed by atoms with Crippen molar-refractivity contribution in [3.8, 4) is 0 Å². The van der Waals surface area contributed by atoms with Gasteiger partial charge in [-0.25, -0.2) is 0 Å². The Hall–Kier alpha value is -2.63. The number of rotatable bonds is 3. The van der Waals surface area contributed by atoms with E-state index in [9.17, 15) is 9.59 Å². The van der Waals surface area contributed by atoms with Crippen LogP contribution in [0.5, 0.6) is 0 Å². The quantitative estimate of drug-likeness (QED) is 0.848. The summed E-state index contributed by atoms with van der Waals surface area (Å²) >= 11 is 0. The molecule has 0 spiro atoms. The van der Waals surface area contributed by atoms with Crippen LogP contribution in [0.3, 0.4) is 0 Å². The lowest BCUT2D eigenvalue weighted by atomic mass is 10.2. The summed E-state index contributed by atoms with van der Waals surface area (Å²) in [6.45, 7) is 2.31. The fraction of sp³-hybridized carbons (Fsp3) is 0.353. The highest BCUT2D eigenvalue weighted by atomic mass is 16.2. The molecule has 2 aromatic rings. The summed E-state index contributed by atoms with van der Waals surface area (Å²) in [6, 6.07) is 5.39. The van der Waals surface area contributed by atoms with E-state index < -0.39 is 0 Å². The summed E-state index contributed by atoms with van der Waals surface area (Å²) in [4.78, 5) is 32.2. The van der Waals surface area contributed by atoms with E-state index in [4.69, 9.17) is 0 Å². The first-order valence-corrected chi connectivity index (χ1v) is 7.71. The molecule has 1 saturated heterocycles. The zero-order valence-corrected chi connectivity index (χ0v) is 13.2. The lowest BCUT2D eigenvalue weighted by Gasteiger charge is -2.34. The second-order valence-electron chi connectivity index (χ2n) is 5.77. The van der Waals surface area contributed by atoms with Gasteiger partial charge in [0.15, 0.2) is 0 Å². The van der Waals surface area contributed by atoms with Gasteiger partial charge in [0.05, 0.1) is 6.42 Å². The van der Waals surface area contributed by atoms with Gasteiger partial charge in [-0.3, -0.25) is 14.6 Å². The first-order chi connectivity index (χ1) is 11.1. The van der Waals surface area contributed by atoms with E-state index in [1.807, 2.05) is 35.0 Å². The lowest BCUT2D eigenvalue weighted by Crippen LogP contribution is -2.51. The van der Waals surface area contributed by atoms with Crippen LogP contribution >= 0.6 is 0 Å². The van der Waals surface area contributed by atoms with Crippen molar-refractivity contribution in [3.05, 3.63) is 54.1 Å². The Morgan fingerprint density at radius 3 is 2.30 bits per heavy atom. The van der Waals surface area contributed by atoms with Crippen LogP contribution in [0.25, 0.3) is 0 Å². The Bertz CT molecular complexity index is 688. The van der Waals surface area contributed by atoms with Crippen molar-refractivity contribution >= 4 is 11.8 Å². The molecule has 1 aliphatic heterocycles. The molecule has 0 radical (unpaired) electrons. The van der Waals surface area contributed by atoms with E-state index in [-0.39, 0.29) is 11.8 Å². The van der Waals surface area contributed by atoms with E-state index in [0.717, 1.165) is 5.56 Å². The van der Waals surface area contributed by atoms with Crippen molar-refractivity contribution in [3.63, 3.8) is 0 Å². The van der Waals surface area contributed by atoms with Crippen molar-refractivity contribution in [1.82, 2.24) is 19.4 Å². The minimum atomic E-state index is 0.00237. The molecular formula is C17H20N4O2. The summed E-state index contributed by atoms with van der Waals surface area (Å²) < 4.78 is 1.94. The summed E-state index contributed by atoms with van der Waals surface area (Å²) in [5.41, 5.74) is 1.66. The van der Waals surface area contributed by atoms with Gasteiger partial charge in [0.2, 0.25) is 5.91 Å². The molecule has 0 aliphatic carbocycles. The normalized spacial score (nSPS) is 14.8. The highest BCUT2D eigenvalue weighted by molar-refractivity contribution is 5.94. The molecule has 1 fully saturated rings. The molecule has 23 heavy (non-hydrogen) atoms. The topological polar surface area (TPSA) is 58.4 Å². The van der Waals surface area contributed by atoms with Gasteiger partial charge >= 0.3 is 0 Å². The maximum Gasteiger partial charge on any atom is 0.254 e. The largest absolute Gasteiger partial charge is 0.357 e. The molecule has 1 aliphatic rings. The molecule has 0 bridgehead atoms. The molecule has 2 amide bonds. The number of aromatic nitrogens is 2. The number of hydrogen-bond donors (Lipinski definition) is 0. The van der Waals surface area contributed by atoms with E-state index in [1.54, 1.807) is 29.4 Å². The number of carbonyl (C=O) groups excluding carboxylic acids is 2. The molecule has 0 aromatic carbocycles. The highest BCUT2D eigenvalue weighted by Gasteiger charge is 2.24. The second-order valence-corrected chi connectivity index (χ2v) is 5.77. The van der Waals surface area contributed by atoms with Crippen LogP contribution in [0.2, 0.25) is 0 Å². The van der Waals surface area contributed by atoms with Crippen LogP contribution in [0, 0.1) is 0 Å². The van der Waals surface area contributed by atoms with Gasteiger partial charge in [-0.2, -0.15) is 0 Å². The maximum atomic E-state index is 12.4. The molecule has 0 unspecified atom stereocenters. The van der Waals surface area contributed by atoms with Gasteiger partial charge in [0.25, 0.3) is 5.91 Å². The minimum absolute atomic E-state index is 0.00237. The van der Waals surface area contributed by atoms with Crippen LogP contribution in [-0.2, 0) is 18.3 Å². The number of amides is 2. The van der Waals surface area contributed by atoms with Crippen LogP contribution in [0.1, 0.15) is 15.9 Å².